The van der Waals surface area contributed by atoms with Crippen LogP contribution in [0.4, 0.5) is 5.69 Å². The first-order chi connectivity index (χ1) is 8.56. The van der Waals surface area contributed by atoms with E-state index in [1.54, 1.807) is 30.4 Å². The average Bonchev–Trinajstić information content (AvgIpc) is 2.72. The second kappa shape index (κ2) is 5.18. The molecule has 0 saturated heterocycles. The van der Waals surface area contributed by atoms with Crippen LogP contribution in [0.5, 0.6) is 0 Å². The number of carbonyl (C=O) groups is 1. The van der Waals surface area contributed by atoms with Gasteiger partial charge in [0.1, 0.15) is 0 Å². The fraction of sp³-hybridized carbons (Fsp3) is 0.231. The van der Waals surface area contributed by atoms with Crippen LogP contribution < -0.4 is 5.32 Å². The van der Waals surface area contributed by atoms with Gasteiger partial charge in [0.25, 0.3) is 0 Å². The molecule has 0 aliphatic rings. The Kier molecular flexibility index (Phi) is 3.62. The number of carboxylic acids is 1. The van der Waals surface area contributed by atoms with Crippen LogP contribution in [0.25, 0.3) is 0 Å². The van der Waals surface area contributed by atoms with Crippen molar-refractivity contribution < 1.29 is 9.90 Å². The van der Waals surface area contributed by atoms with Gasteiger partial charge >= 0.3 is 5.97 Å². The van der Waals surface area contributed by atoms with E-state index in [9.17, 15) is 4.79 Å². The summed E-state index contributed by atoms with van der Waals surface area (Å²) in [6.45, 7) is 4.48. The zero-order valence-corrected chi connectivity index (χ0v) is 11.0. The summed E-state index contributed by atoms with van der Waals surface area (Å²) in [7, 11) is 0. The second-order valence-electron chi connectivity index (χ2n) is 4.03. The third-order valence-corrected chi connectivity index (χ3v) is 3.51. The van der Waals surface area contributed by atoms with Crippen LogP contribution in [0.15, 0.2) is 24.4 Å². The molecule has 2 N–H and O–H groups in total. The van der Waals surface area contributed by atoms with Crippen molar-refractivity contribution in [3.8, 4) is 0 Å². The number of hydrogen-bond donors (Lipinski definition) is 2. The van der Waals surface area contributed by atoms with E-state index in [2.05, 4.69) is 10.3 Å². The fourth-order valence-electron chi connectivity index (χ4n) is 1.69. The largest absolute Gasteiger partial charge is 0.478 e. The van der Waals surface area contributed by atoms with Crippen molar-refractivity contribution in [3.05, 3.63) is 45.4 Å². The van der Waals surface area contributed by atoms with Gasteiger partial charge in [0, 0.05) is 16.8 Å². The van der Waals surface area contributed by atoms with Gasteiger partial charge in [-0.25, -0.2) is 9.78 Å². The van der Waals surface area contributed by atoms with Gasteiger partial charge in [-0.2, -0.15) is 0 Å². The average molecular weight is 262 g/mol. The standard InChI is InChI=1S/C13H14N2O2S/c1-8-5-10(3-4-12(8)13(16)17)15-7-11-6-14-9(2)18-11/h3-6,15H,7H2,1-2H3,(H,16,17). The molecule has 0 amide bonds. The highest BCUT2D eigenvalue weighted by molar-refractivity contribution is 7.11. The Balaban J connectivity index is 2.06. The smallest absolute Gasteiger partial charge is 0.335 e. The second-order valence-corrected chi connectivity index (χ2v) is 5.35. The van der Waals surface area contributed by atoms with E-state index in [1.165, 1.54) is 0 Å². The molecule has 0 atom stereocenters. The maximum Gasteiger partial charge on any atom is 0.335 e. The molecule has 4 nitrogen and oxygen atoms in total. The summed E-state index contributed by atoms with van der Waals surface area (Å²) in [5.41, 5.74) is 2.02. The van der Waals surface area contributed by atoms with E-state index in [0.717, 1.165) is 21.1 Å². The van der Waals surface area contributed by atoms with Crippen molar-refractivity contribution in [2.24, 2.45) is 0 Å². The summed E-state index contributed by atoms with van der Waals surface area (Å²) in [4.78, 5) is 16.2. The number of anilines is 1. The normalized spacial score (nSPS) is 10.3. The van der Waals surface area contributed by atoms with E-state index in [1.807, 2.05) is 19.2 Å². The van der Waals surface area contributed by atoms with Gasteiger partial charge in [-0.05, 0) is 37.6 Å². The Morgan fingerprint density at radius 3 is 2.78 bits per heavy atom. The summed E-state index contributed by atoms with van der Waals surface area (Å²) in [5.74, 6) is -0.892. The number of aromatic nitrogens is 1. The molecule has 18 heavy (non-hydrogen) atoms. The number of nitrogens with one attached hydrogen (secondary N) is 1. The Bertz CT molecular complexity index is 578. The van der Waals surface area contributed by atoms with Crippen molar-refractivity contribution in [3.63, 3.8) is 0 Å². The number of carboxylic acid groups (broad SMARTS) is 1. The van der Waals surface area contributed by atoms with Gasteiger partial charge in [0.05, 0.1) is 17.1 Å². The molecule has 0 aliphatic carbocycles. The Morgan fingerprint density at radius 2 is 2.22 bits per heavy atom. The first-order valence-electron chi connectivity index (χ1n) is 5.55. The predicted molar refractivity (Wildman–Crippen MR) is 72.3 cm³/mol. The lowest BCUT2D eigenvalue weighted by molar-refractivity contribution is 0.0696. The molecule has 0 fully saturated rings. The minimum absolute atomic E-state index is 0.342. The van der Waals surface area contributed by atoms with E-state index < -0.39 is 5.97 Å². The molecule has 1 aromatic heterocycles. The van der Waals surface area contributed by atoms with Gasteiger partial charge in [0.2, 0.25) is 0 Å². The summed E-state index contributed by atoms with van der Waals surface area (Å²) in [6.07, 6.45) is 1.85. The van der Waals surface area contributed by atoms with Crippen LogP contribution in [0.3, 0.4) is 0 Å². The van der Waals surface area contributed by atoms with E-state index >= 15 is 0 Å². The lowest BCUT2D eigenvalue weighted by Crippen LogP contribution is -2.02. The zero-order chi connectivity index (χ0) is 13.1. The first-order valence-corrected chi connectivity index (χ1v) is 6.37. The van der Waals surface area contributed by atoms with Gasteiger partial charge < -0.3 is 10.4 Å². The molecule has 0 radical (unpaired) electrons. The molecule has 0 saturated carbocycles. The van der Waals surface area contributed by atoms with Crippen LogP contribution in [0.1, 0.15) is 25.8 Å². The van der Waals surface area contributed by atoms with Crippen LogP contribution in [-0.2, 0) is 6.54 Å². The summed E-state index contributed by atoms with van der Waals surface area (Å²) < 4.78 is 0. The molecule has 0 spiro atoms. The number of aryl methyl sites for hydroxylation is 2. The molecule has 1 aromatic carbocycles. The summed E-state index contributed by atoms with van der Waals surface area (Å²) >= 11 is 1.65. The molecule has 0 bridgehead atoms. The summed E-state index contributed by atoms with van der Waals surface area (Å²) in [6, 6.07) is 5.25. The molecule has 0 aliphatic heterocycles. The predicted octanol–water partition coefficient (Wildman–Crippen LogP) is 3.07. The van der Waals surface area contributed by atoms with E-state index in [-0.39, 0.29) is 0 Å². The number of thiazole rings is 1. The number of rotatable bonds is 4. The first kappa shape index (κ1) is 12.6. The quantitative estimate of drug-likeness (QED) is 0.889. The molecular weight excluding hydrogens is 248 g/mol. The number of nitrogens with zero attached hydrogens (tertiary/aromatic N) is 1. The molecule has 0 unspecified atom stereocenters. The van der Waals surface area contributed by atoms with Crippen LogP contribution >= 0.6 is 11.3 Å². The topological polar surface area (TPSA) is 62.2 Å². The highest BCUT2D eigenvalue weighted by Crippen LogP contribution is 2.18. The Hall–Kier alpha value is -1.88. The minimum Gasteiger partial charge on any atom is -0.478 e. The zero-order valence-electron chi connectivity index (χ0n) is 10.2. The third kappa shape index (κ3) is 2.87. The fourth-order valence-corrected chi connectivity index (χ4v) is 2.42. The molecule has 2 aromatic rings. The monoisotopic (exact) mass is 262 g/mol. The van der Waals surface area contributed by atoms with Crippen molar-refractivity contribution in [1.29, 1.82) is 0 Å². The van der Waals surface area contributed by atoms with Crippen LogP contribution in [0, 0.1) is 13.8 Å². The van der Waals surface area contributed by atoms with Crippen molar-refractivity contribution in [2.75, 3.05) is 5.32 Å². The van der Waals surface area contributed by atoms with Gasteiger partial charge in [0.15, 0.2) is 0 Å². The number of benzene rings is 1. The molecule has 2 rings (SSSR count). The molecular formula is C13H14N2O2S. The van der Waals surface area contributed by atoms with Gasteiger partial charge in [-0.1, -0.05) is 0 Å². The third-order valence-electron chi connectivity index (χ3n) is 2.59. The number of hydrogen-bond acceptors (Lipinski definition) is 4. The lowest BCUT2D eigenvalue weighted by Gasteiger charge is -2.07. The van der Waals surface area contributed by atoms with Crippen molar-refractivity contribution in [2.45, 2.75) is 20.4 Å². The highest BCUT2D eigenvalue weighted by atomic mass is 32.1. The summed E-state index contributed by atoms with van der Waals surface area (Å²) in [5, 5.41) is 13.2. The maximum atomic E-state index is 10.9. The van der Waals surface area contributed by atoms with Crippen molar-refractivity contribution >= 4 is 23.0 Å². The van der Waals surface area contributed by atoms with Crippen LogP contribution in [0.2, 0.25) is 0 Å². The SMILES string of the molecule is Cc1ncc(CNc2ccc(C(=O)O)c(C)c2)s1. The van der Waals surface area contributed by atoms with Gasteiger partial charge in [-0.15, -0.1) is 11.3 Å². The lowest BCUT2D eigenvalue weighted by atomic mass is 10.1. The maximum absolute atomic E-state index is 10.9. The molecule has 1 heterocycles. The van der Waals surface area contributed by atoms with Crippen LogP contribution in [-0.4, -0.2) is 16.1 Å². The van der Waals surface area contributed by atoms with E-state index in [4.69, 9.17) is 5.11 Å². The minimum atomic E-state index is -0.892. The molecule has 94 valence electrons. The molecule has 5 heteroatoms. The number of aromatic carboxylic acids is 1. The Morgan fingerprint density at radius 1 is 1.44 bits per heavy atom. The highest BCUT2D eigenvalue weighted by Gasteiger charge is 2.07. The Labute approximate surface area is 109 Å². The van der Waals surface area contributed by atoms with Crippen molar-refractivity contribution in [1.82, 2.24) is 4.98 Å². The van der Waals surface area contributed by atoms with Gasteiger partial charge in [-0.3, -0.25) is 0 Å². The van der Waals surface area contributed by atoms with E-state index in [0.29, 0.717) is 12.1 Å².